The van der Waals surface area contributed by atoms with Crippen LogP contribution in [0.15, 0.2) is 40.2 Å². The topological polar surface area (TPSA) is 104 Å². The molecule has 0 spiro atoms. The fraction of sp³-hybridized carbons (Fsp3) is 0.263. The van der Waals surface area contributed by atoms with Crippen molar-refractivity contribution in [2.45, 2.75) is 26.4 Å². The number of aryl methyl sites for hydroxylation is 1. The highest BCUT2D eigenvalue weighted by atomic mass is 32.1. The molecular formula is C19H19N3O5S. The third kappa shape index (κ3) is 4.95. The maximum Gasteiger partial charge on any atom is 0.312 e. The summed E-state index contributed by atoms with van der Waals surface area (Å²) < 4.78 is 15.2. The number of nitrogens with zero attached hydrogens (tertiary/aromatic N) is 2. The van der Waals surface area contributed by atoms with Gasteiger partial charge >= 0.3 is 5.97 Å². The number of carbonyl (C=O) groups is 2. The summed E-state index contributed by atoms with van der Waals surface area (Å²) in [6.07, 6.45) is -0.989. The molecular weight excluding hydrogens is 382 g/mol. The zero-order chi connectivity index (χ0) is 20.1. The average Bonchev–Trinajstić information content (AvgIpc) is 3.30. The van der Waals surface area contributed by atoms with Crippen molar-refractivity contribution >= 4 is 29.0 Å². The van der Waals surface area contributed by atoms with E-state index in [2.05, 4.69) is 15.5 Å². The number of methoxy groups -OCH3 is 1. The molecule has 28 heavy (non-hydrogen) atoms. The molecule has 0 fully saturated rings. The first-order valence-electron chi connectivity index (χ1n) is 8.47. The van der Waals surface area contributed by atoms with Crippen LogP contribution in [0.4, 0.5) is 5.82 Å². The molecule has 9 heteroatoms. The summed E-state index contributed by atoms with van der Waals surface area (Å²) in [6, 6.07) is 9.07. The van der Waals surface area contributed by atoms with Gasteiger partial charge < -0.3 is 19.3 Å². The van der Waals surface area contributed by atoms with Gasteiger partial charge in [-0.15, -0.1) is 11.3 Å². The van der Waals surface area contributed by atoms with Gasteiger partial charge in [-0.25, -0.2) is 4.98 Å². The van der Waals surface area contributed by atoms with E-state index >= 15 is 0 Å². The molecule has 0 aliphatic rings. The smallest absolute Gasteiger partial charge is 0.312 e. The van der Waals surface area contributed by atoms with Crippen molar-refractivity contribution in [3.8, 4) is 16.3 Å². The Bertz CT molecular complexity index is 964. The second-order valence-electron chi connectivity index (χ2n) is 5.99. The number of carbonyl (C=O) groups excluding carboxylic acids is 2. The van der Waals surface area contributed by atoms with Crippen molar-refractivity contribution in [1.29, 1.82) is 0 Å². The maximum atomic E-state index is 12.1. The molecule has 1 amide bonds. The van der Waals surface area contributed by atoms with Crippen LogP contribution in [0.5, 0.6) is 5.75 Å². The van der Waals surface area contributed by atoms with E-state index in [1.54, 1.807) is 25.5 Å². The minimum atomic E-state index is -0.968. The van der Waals surface area contributed by atoms with E-state index < -0.39 is 18.0 Å². The number of anilines is 1. The van der Waals surface area contributed by atoms with Crippen LogP contribution >= 0.6 is 11.3 Å². The Morgan fingerprint density at radius 1 is 1.29 bits per heavy atom. The summed E-state index contributed by atoms with van der Waals surface area (Å²) in [5.41, 5.74) is 1.52. The predicted octanol–water partition coefficient (Wildman–Crippen LogP) is 3.23. The number of esters is 1. The molecule has 8 nitrogen and oxygen atoms in total. The SMILES string of the molecule is COc1ccc(-c2nc(CC(=O)O[C@H](C)C(=O)Nc3cc(C)on3)cs2)cc1. The van der Waals surface area contributed by atoms with Gasteiger partial charge in [-0.05, 0) is 38.1 Å². The fourth-order valence-electron chi connectivity index (χ4n) is 2.35. The Hall–Kier alpha value is -3.20. The van der Waals surface area contributed by atoms with Crippen molar-refractivity contribution in [1.82, 2.24) is 10.1 Å². The fourth-order valence-corrected chi connectivity index (χ4v) is 3.17. The Morgan fingerprint density at radius 3 is 2.68 bits per heavy atom. The molecule has 1 N–H and O–H groups in total. The number of nitrogens with one attached hydrogen (secondary N) is 1. The van der Waals surface area contributed by atoms with E-state index in [0.717, 1.165) is 16.3 Å². The minimum Gasteiger partial charge on any atom is -0.497 e. The first-order valence-corrected chi connectivity index (χ1v) is 9.35. The Labute approximate surface area is 165 Å². The van der Waals surface area contributed by atoms with Gasteiger partial charge in [0.1, 0.15) is 16.5 Å². The highest BCUT2D eigenvalue weighted by Gasteiger charge is 2.20. The number of hydrogen-bond donors (Lipinski definition) is 1. The van der Waals surface area contributed by atoms with Gasteiger partial charge in [-0.3, -0.25) is 9.59 Å². The third-order valence-corrected chi connectivity index (χ3v) is 4.71. The largest absolute Gasteiger partial charge is 0.497 e. The van der Waals surface area contributed by atoms with Crippen LogP contribution in [0.3, 0.4) is 0 Å². The molecule has 1 aromatic carbocycles. The summed E-state index contributed by atoms with van der Waals surface area (Å²) in [5, 5.41) is 8.77. The van der Waals surface area contributed by atoms with Gasteiger partial charge in [-0.1, -0.05) is 5.16 Å². The lowest BCUT2D eigenvalue weighted by molar-refractivity contribution is -0.152. The zero-order valence-electron chi connectivity index (χ0n) is 15.6. The van der Waals surface area contributed by atoms with Gasteiger partial charge in [0.25, 0.3) is 5.91 Å². The van der Waals surface area contributed by atoms with Gasteiger partial charge in [-0.2, -0.15) is 0 Å². The number of hydrogen-bond acceptors (Lipinski definition) is 8. The zero-order valence-corrected chi connectivity index (χ0v) is 16.4. The normalized spacial score (nSPS) is 11.7. The lowest BCUT2D eigenvalue weighted by atomic mass is 10.2. The molecule has 2 heterocycles. The molecule has 0 bridgehead atoms. The molecule has 0 saturated carbocycles. The maximum absolute atomic E-state index is 12.1. The monoisotopic (exact) mass is 401 g/mol. The standard InChI is InChI=1S/C19H19N3O5S/c1-11-8-16(22-27-11)21-18(24)12(2)26-17(23)9-14-10-28-19(20-14)13-4-6-15(25-3)7-5-13/h4-8,10,12H,9H2,1-3H3,(H,21,22,24)/t12-/m1/s1. The van der Waals surface area contributed by atoms with Crippen LogP contribution in [0.25, 0.3) is 10.6 Å². The van der Waals surface area contributed by atoms with Crippen LogP contribution in [0, 0.1) is 6.92 Å². The third-order valence-electron chi connectivity index (χ3n) is 3.77. The first-order chi connectivity index (χ1) is 13.4. The predicted molar refractivity (Wildman–Crippen MR) is 103 cm³/mol. The summed E-state index contributed by atoms with van der Waals surface area (Å²) in [4.78, 5) is 28.6. The van der Waals surface area contributed by atoms with Crippen LogP contribution in [-0.4, -0.2) is 35.2 Å². The van der Waals surface area contributed by atoms with Crippen LogP contribution < -0.4 is 10.1 Å². The van der Waals surface area contributed by atoms with Gasteiger partial charge in [0, 0.05) is 17.0 Å². The lowest BCUT2D eigenvalue weighted by Gasteiger charge is -2.11. The quantitative estimate of drug-likeness (QED) is 0.606. The van der Waals surface area contributed by atoms with E-state index in [-0.39, 0.29) is 12.2 Å². The molecule has 3 aromatic rings. The number of ether oxygens (including phenoxy) is 2. The molecule has 0 radical (unpaired) electrons. The van der Waals surface area contributed by atoms with Crippen molar-refractivity contribution in [3.05, 3.63) is 47.2 Å². The summed E-state index contributed by atoms with van der Waals surface area (Å²) >= 11 is 1.43. The molecule has 3 rings (SSSR count). The van der Waals surface area contributed by atoms with Crippen LogP contribution in [-0.2, 0) is 20.7 Å². The number of benzene rings is 1. The molecule has 146 valence electrons. The van der Waals surface area contributed by atoms with Gasteiger partial charge in [0.2, 0.25) is 0 Å². The minimum absolute atomic E-state index is 0.0205. The number of amides is 1. The van der Waals surface area contributed by atoms with Crippen molar-refractivity contribution in [2.75, 3.05) is 12.4 Å². The molecule has 0 aliphatic carbocycles. The second kappa shape index (κ2) is 8.66. The molecule has 1 atom stereocenters. The Morgan fingerprint density at radius 2 is 2.04 bits per heavy atom. The van der Waals surface area contributed by atoms with Crippen molar-refractivity contribution in [3.63, 3.8) is 0 Å². The van der Waals surface area contributed by atoms with E-state index in [4.69, 9.17) is 14.0 Å². The van der Waals surface area contributed by atoms with E-state index in [9.17, 15) is 9.59 Å². The second-order valence-corrected chi connectivity index (χ2v) is 6.85. The molecule has 0 aliphatic heterocycles. The number of rotatable bonds is 7. The Balaban J connectivity index is 1.54. The first kappa shape index (κ1) is 19.6. The lowest BCUT2D eigenvalue weighted by Crippen LogP contribution is -2.30. The highest BCUT2D eigenvalue weighted by molar-refractivity contribution is 7.13. The van der Waals surface area contributed by atoms with E-state index in [1.807, 2.05) is 24.3 Å². The van der Waals surface area contributed by atoms with Crippen LogP contribution in [0.1, 0.15) is 18.4 Å². The molecule has 0 saturated heterocycles. The van der Waals surface area contributed by atoms with Gasteiger partial charge in [0.15, 0.2) is 11.9 Å². The highest BCUT2D eigenvalue weighted by Crippen LogP contribution is 2.26. The van der Waals surface area contributed by atoms with Crippen molar-refractivity contribution < 1.29 is 23.6 Å². The summed E-state index contributed by atoms with van der Waals surface area (Å²) in [6.45, 7) is 3.20. The summed E-state index contributed by atoms with van der Waals surface area (Å²) in [5.74, 6) is 0.576. The average molecular weight is 401 g/mol. The van der Waals surface area contributed by atoms with E-state index in [1.165, 1.54) is 18.3 Å². The van der Waals surface area contributed by atoms with Crippen LogP contribution in [0.2, 0.25) is 0 Å². The summed E-state index contributed by atoms with van der Waals surface area (Å²) in [7, 11) is 1.61. The number of thiazole rings is 1. The Kier molecular flexibility index (Phi) is 6.05. The van der Waals surface area contributed by atoms with Gasteiger partial charge in [0.05, 0.1) is 19.2 Å². The van der Waals surface area contributed by atoms with Crippen molar-refractivity contribution in [2.24, 2.45) is 0 Å². The number of aromatic nitrogens is 2. The van der Waals surface area contributed by atoms with E-state index in [0.29, 0.717) is 11.5 Å². The molecule has 0 unspecified atom stereocenters. The molecule has 2 aromatic heterocycles.